The first-order valence-electron chi connectivity index (χ1n) is 8.68. The van der Waals surface area contributed by atoms with Crippen molar-refractivity contribution < 1.29 is 17.9 Å². The van der Waals surface area contributed by atoms with Crippen LogP contribution in [0, 0.1) is 6.92 Å². The van der Waals surface area contributed by atoms with Crippen LogP contribution in [-0.4, -0.2) is 27.7 Å². The maximum absolute atomic E-state index is 12.5. The first-order chi connectivity index (χ1) is 13.2. The molecule has 6 nitrogen and oxygen atoms in total. The zero-order chi connectivity index (χ0) is 20.3. The number of carbonyl (C=O) groups is 1. The Morgan fingerprint density at radius 1 is 1.00 bits per heavy atom. The number of sulfonamides is 1. The highest BCUT2D eigenvalue weighted by atomic mass is 32.2. The average Bonchev–Trinajstić information content (AvgIpc) is 2.66. The van der Waals surface area contributed by atoms with Crippen LogP contribution >= 0.6 is 0 Å². The molecule has 0 heterocycles. The van der Waals surface area contributed by atoms with E-state index in [0.29, 0.717) is 17.8 Å². The van der Waals surface area contributed by atoms with Crippen molar-refractivity contribution in [1.29, 1.82) is 0 Å². The van der Waals surface area contributed by atoms with Crippen molar-refractivity contribution in [3.05, 3.63) is 71.3 Å². The lowest BCUT2D eigenvalue weighted by molar-refractivity contribution is 0.0951. The second-order valence-electron chi connectivity index (χ2n) is 6.63. The summed E-state index contributed by atoms with van der Waals surface area (Å²) in [6.45, 7) is 2.14. The molecule has 0 spiro atoms. The Morgan fingerprint density at radius 2 is 1.71 bits per heavy atom. The lowest BCUT2D eigenvalue weighted by atomic mass is 10.1. The molecule has 2 N–H and O–H groups in total. The van der Waals surface area contributed by atoms with Gasteiger partial charge in [-0.2, -0.15) is 0 Å². The highest BCUT2D eigenvalue weighted by molar-refractivity contribution is 7.92. The van der Waals surface area contributed by atoms with Gasteiger partial charge in [-0.05, 0) is 59.2 Å². The van der Waals surface area contributed by atoms with Crippen molar-refractivity contribution in [3.8, 4) is 5.75 Å². The van der Waals surface area contributed by atoms with Crippen molar-refractivity contribution >= 4 is 32.4 Å². The minimum absolute atomic E-state index is 0.272. The number of nitrogens with one attached hydrogen (secondary N) is 2. The van der Waals surface area contributed by atoms with Gasteiger partial charge in [-0.1, -0.05) is 24.3 Å². The highest BCUT2D eigenvalue weighted by Gasteiger charge is 2.11. The molecule has 3 aromatic rings. The normalized spacial score (nSPS) is 11.2. The van der Waals surface area contributed by atoms with Gasteiger partial charge < -0.3 is 10.1 Å². The number of hydrogen-bond acceptors (Lipinski definition) is 4. The molecule has 0 radical (unpaired) electrons. The van der Waals surface area contributed by atoms with Crippen molar-refractivity contribution in [2.75, 3.05) is 18.1 Å². The number of benzene rings is 3. The van der Waals surface area contributed by atoms with Gasteiger partial charge in [0.15, 0.2) is 0 Å². The lowest BCUT2D eigenvalue weighted by Crippen LogP contribution is -2.23. The summed E-state index contributed by atoms with van der Waals surface area (Å²) in [6.07, 6.45) is 1.08. The van der Waals surface area contributed by atoms with Gasteiger partial charge >= 0.3 is 0 Å². The van der Waals surface area contributed by atoms with E-state index in [9.17, 15) is 13.2 Å². The molecule has 0 atom stereocenters. The molecule has 3 aromatic carbocycles. The zero-order valence-electron chi connectivity index (χ0n) is 15.9. The smallest absolute Gasteiger partial charge is 0.251 e. The topological polar surface area (TPSA) is 84.5 Å². The molecule has 0 saturated carbocycles. The Morgan fingerprint density at radius 3 is 2.43 bits per heavy atom. The third-order valence-electron chi connectivity index (χ3n) is 4.36. The van der Waals surface area contributed by atoms with E-state index < -0.39 is 10.0 Å². The van der Waals surface area contributed by atoms with Crippen LogP contribution in [0.3, 0.4) is 0 Å². The number of aryl methyl sites for hydroxylation is 1. The number of ether oxygens (including phenoxy) is 1. The number of carbonyl (C=O) groups excluding carboxylic acids is 1. The van der Waals surface area contributed by atoms with E-state index >= 15 is 0 Å². The number of methoxy groups -OCH3 is 1. The molecule has 0 aliphatic rings. The second kappa shape index (κ2) is 7.90. The third kappa shape index (κ3) is 4.80. The molecule has 0 aromatic heterocycles. The average molecular weight is 398 g/mol. The Kier molecular flexibility index (Phi) is 5.56. The number of fused-ring (bicyclic) bond motifs is 1. The second-order valence-corrected chi connectivity index (χ2v) is 8.38. The molecule has 28 heavy (non-hydrogen) atoms. The molecular formula is C21H22N2O4S. The molecule has 0 saturated heterocycles. The van der Waals surface area contributed by atoms with Gasteiger partial charge in [0.1, 0.15) is 5.75 Å². The van der Waals surface area contributed by atoms with Crippen LogP contribution in [-0.2, 0) is 16.6 Å². The van der Waals surface area contributed by atoms with E-state index in [1.165, 1.54) is 0 Å². The van der Waals surface area contributed by atoms with Gasteiger partial charge in [0.2, 0.25) is 10.0 Å². The number of rotatable bonds is 6. The number of hydrogen-bond donors (Lipinski definition) is 2. The summed E-state index contributed by atoms with van der Waals surface area (Å²) < 4.78 is 30.6. The first kappa shape index (κ1) is 19.7. The zero-order valence-corrected chi connectivity index (χ0v) is 16.8. The molecule has 0 bridgehead atoms. The maximum Gasteiger partial charge on any atom is 0.251 e. The Balaban J connectivity index is 1.73. The van der Waals surface area contributed by atoms with Crippen LogP contribution in [0.1, 0.15) is 21.5 Å². The predicted octanol–water partition coefficient (Wildman–Crippen LogP) is 3.46. The van der Waals surface area contributed by atoms with Crippen molar-refractivity contribution in [1.82, 2.24) is 5.32 Å². The molecule has 146 valence electrons. The SMILES string of the molecule is COc1ccc2cc(CNC(=O)c3ccc(C)c(NS(C)(=O)=O)c3)ccc2c1. The Hall–Kier alpha value is -3.06. The quantitative estimate of drug-likeness (QED) is 0.666. The van der Waals surface area contributed by atoms with Crippen LogP contribution in [0.5, 0.6) is 5.75 Å². The molecule has 1 amide bonds. The maximum atomic E-state index is 12.5. The number of amides is 1. The van der Waals surface area contributed by atoms with E-state index in [1.54, 1.807) is 32.2 Å². The van der Waals surface area contributed by atoms with Gasteiger partial charge in [-0.25, -0.2) is 8.42 Å². The monoisotopic (exact) mass is 398 g/mol. The van der Waals surface area contributed by atoms with Crippen LogP contribution in [0.25, 0.3) is 10.8 Å². The van der Waals surface area contributed by atoms with E-state index in [1.807, 2.05) is 36.4 Å². The Bertz CT molecular complexity index is 1140. The highest BCUT2D eigenvalue weighted by Crippen LogP contribution is 2.22. The fourth-order valence-corrected chi connectivity index (χ4v) is 3.49. The van der Waals surface area contributed by atoms with E-state index in [4.69, 9.17) is 4.74 Å². The number of anilines is 1. The summed E-state index contributed by atoms with van der Waals surface area (Å²) in [5.74, 6) is 0.526. The lowest BCUT2D eigenvalue weighted by Gasteiger charge is -2.11. The molecule has 0 fully saturated rings. The van der Waals surface area contributed by atoms with Crippen LogP contribution in [0.2, 0.25) is 0 Å². The molecule has 7 heteroatoms. The molecule has 0 aliphatic carbocycles. The van der Waals surface area contributed by atoms with E-state index in [0.717, 1.165) is 33.9 Å². The molecule has 0 aliphatic heterocycles. The molecule has 3 rings (SSSR count). The summed E-state index contributed by atoms with van der Waals surface area (Å²) in [6, 6.07) is 16.7. The standard InChI is InChI=1S/C21H22N2O4S/c1-14-4-6-18(12-20(14)23-28(3,25)26)21(24)22-13-15-5-7-17-11-19(27-2)9-8-16(17)10-15/h4-12,23H,13H2,1-3H3,(H,22,24). The summed E-state index contributed by atoms with van der Waals surface area (Å²) in [7, 11) is -1.78. The van der Waals surface area contributed by atoms with Gasteiger partial charge in [0.25, 0.3) is 5.91 Å². The van der Waals surface area contributed by atoms with Crippen LogP contribution in [0.15, 0.2) is 54.6 Å². The summed E-state index contributed by atoms with van der Waals surface area (Å²) in [5, 5.41) is 4.99. The predicted molar refractivity (Wildman–Crippen MR) is 111 cm³/mol. The summed E-state index contributed by atoms with van der Waals surface area (Å²) in [5.41, 5.74) is 2.50. The molecular weight excluding hydrogens is 376 g/mol. The Labute approximate surface area is 164 Å². The summed E-state index contributed by atoms with van der Waals surface area (Å²) >= 11 is 0. The van der Waals surface area contributed by atoms with E-state index in [-0.39, 0.29) is 5.91 Å². The van der Waals surface area contributed by atoms with Gasteiger partial charge in [-0.15, -0.1) is 0 Å². The van der Waals surface area contributed by atoms with Crippen LogP contribution < -0.4 is 14.8 Å². The van der Waals surface area contributed by atoms with Gasteiger partial charge in [0, 0.05) is 12.1 Å². The largest absolute Gasteiger partial charge is 0.497 e. The van der Waals surface area contributed by atoms with Crippen molar-refractivity contribution in [2.24, 2.45) is 0 Å². The fraction of sp³-hybridized carbons (Fsp3) is 0.190. The van der Waals surface area contributed by atoms with Crippen LogP contribution in [0.4, 0.5) is 5.69 Å². The molecule has 0 unspecified atom stereocenters. The summed E-state index contributed by atoms with van der Waals surface area (Å²) in [4.78, 5) is 12.5. The van der Waals surface area contributed by atoms with Crippen molar-refractivity contribution in [2.45, 2.75) is 13.5 Å². The third-order valence-corrected chi connectivity index (χ3v) is 4.95. The first-order valence-corrected chi connectivity index (χ1v) is 10.6. The minimum atomic E-state index is -3.41. The van der Waals surface area contributed by atoms with Crippen molar-refractivity contribution in [3.63, 3.8) is 0 Å². The van der Waals surface area contributed by atoms with E-state index in [2.05, 4.69) is 10.0 Å². The minimum Gasteiger partial charge on any atom is -0.497 e. The van der Waals surface area contributed by atoms with Gasteiger partial charge in [-0.3, -0.25) is 9.52 Å². The van der Waals surface area contributed by atoms with Gasteiger partial charge in [0.05, 0.1) is 19.1 Å². The fourth-order valence-electron chi connectivity index (χ4n) is 2.87.